The van der Waals surface area contributed by atoms with Gasteiger partial charge in [0.15, 0.2) is 0 Å². The molecular formula is C9H21NO. The van der Waals surface area contributed by atoms with Crippen molar-refractivity contribution < 1.29 is 4.74 Å². The van der Waals surface area contributed by atoms with Gasteiger partial charge in [-0.25, -0.2) is 0 Å². The summed E-state index contributed by atoms with van der Waals surface area (Å²) in [7, 11) is 1.76. The lowest BCUT2D eigenvalue weighted by Crippen LogP contribution is -2.43. The molecule has 0 aromatic rings. The van der Waals surface area contributed by atoms with E-state index in [4.69, 9.17) is 4.74 Å². The van der Waals surface area contributed by atoms with Crippen molar-refractivity contribution in [2.24, 2.45) is 5.92 Å². The quantitative estimate of drug-likeness (QED) is 0.658. The van der Waals surface area contributed by atoms with Crippen LogP contribution in [0.15, 0.2) is 0 Å². The van der Waals surface area contributed by atoms with Crippen molar-refractivity contribution in [3.05, 3.63) is 0 Å². The maximum absolute atomic E-state index is 5.26. The predicted molar refractivity (Wildman–Crippen MR) is 48.8 cm³/mol. The van der Waals surface area contributed by atoms with Crippen LogP contribution in [-0.2, 0) is 4.74 Å². The van der Waals surface area contributed by atoms with Gasteiger partial charge in [0, 0.05) is 13.2 Å². The van der Waals surface area contributed by atoms with Crippen LogP contribution in [0.1, 0.15) is 27.7 Å². The van der Waals surface area contributed by atoms with E-state index in [2.05, 4.69) is 33.0 Å². The molecule has 0 amide bonds. The van der Waals surface area contributed by atoms with E-state index < -0.39 is 0 Å². The molecule has 2 atom stereocenters. The van der Waals surface area contributed by atoms with Gasteiger partial charge in [-0.05, 0) is 19.4 Å². The van der Waals surface area contributed by atoms with Crippen LogP contribution in [-0.4, -0.2) is 25.8 Å². The molecule has 0 radical (unpaired) electrons. The number of hydrogen-bond acceptors (Lipinski definition) is 2. The minimum absolute atomic E-state index is 0.301. The molecule has 0 saturated carbocycles. The van der Waals surface area contributed by atoms with Crippen LogP contribution in [0, 0.1) is 5.92 Å². The number of ether oxygens (including phenoxy) is 1. The Kier molecular flexibility index (Phi) is 5.51. The molecular weight excluding hydrogens is 138 g/mol. The summed E-state index contributed by atoms with van der Waals surface area (Å²) in [6.45, 7) is 9.66. The first kappa shape index (κ1) is 10.9. The van der Waals surface area contributed by atoms with Crippen molar-refractivity contribution in [3.8, 4) is 0 Å². The Labute approximate surface area is 70.3 Å². The van der Waals surface area contributed by atoms with E-state index in [1.54, 1.807) is 7.11 Å². The van der Waals surface area contributed by atoms with Crippen LogP contribution < -0.4 is 5.32 Å². The lowest BCUT2D eigenvalue weighted by molar-refractivity contribution is 0.0677. The maximum Gasteiger partial charge on any atom is 0.0698 e. The Morgan fingerprint density at radius 1 is 1.27 bits per heavy atom. The standard InChI is InChI=1S/C9H21NO/c1-6-10-9(7(2)3)8(4)11-5/h7-10H,6H2,1-5H3. The largest absolute Gasteiger partial charge is 0.380 e. The summed E-state index contributed by atoms with van der Waals surface area (Å²) in [6, 6.07) is 0.477. The average molecular weight is 159 g/mol. The summed E-state index contributed by atoms with van der Waals surface area (Å²) in [5.41, 5.74) is 0. The molecule has 1 N–H and O–H groups in total. The van der Waals surface area contributed by atoms with Crippen molar-refractivity contribution in [3.63, 3.8) is 0 Å². The van der Waals surface area contributed by atoms with Crippen LogP contribution in [0.5, 0.6) is 0 Å². The Hall–Kier alpha value is -0.0800. The van der Waals surface area contributed by atoms with E-state index >= 15 is 0 Å². The molecule has 0 aliphatic rings. The molecule has 0 aliphatic carbocycles. The summed E-state index contributed by atoms with van der Waals surface area (Å²) in [5, 5.41) is 3.41. The SMILES string of the molecule is CCNC(C(C)C)C(C)OC. The second kappa shape index (κ2) is 5.56. The molecule has 2 unspecified atom stereocenters. The number of nitrogens with one attached hydrogen (secondary N) is 1. The zero-order chi connectivity index (χ0) is 8.85. The van der Waals surface area contributed by atoms with Gasteiger partial charge in [0.2, 0.25) is 0 Å². The predicted octanol–water partition coefficient (Wildman–Crippen LogP) is 1.66. The smallest absolute Gasteiger partial charge is 0.0698 e. The van der Waals surface area contributed by atoms with E-state index in [0.717, 1.165) is 6.54 Å². The Bertz CT molecular complexity index is 93.6. The van der Waals surface area contributed by atoms with Crippen molar-refractivity contribution in [2.75, 3.05) is 13.7 Å². The van der Waals surface area contributed by atoms with E-state index in [1.807, 2.05) is 0 Å². The average Bonchev–Trinajstić information content (AvgIpc) is 1.98. The van der Waals surface area contributed by atoms with Gasteiger partial charge < -0.3 is 10.1 Å². The fourth-order valence-corrected chi connectivity index (χ4v) is 1.33. The lowest BCUT2D eigenvalue weighted by Gasteiger charge is -2.26. The van der Waals surface area contributed by atoms with Gasteiger partial charge in [-0.15, -0.1) is 0 Å². The Morgan fingerprint density at radius 3 is 2.09 bits per heavy atom. The number of rotatable bonds is 5. The summed E-state index contributed by atoms with van der Waals surface area (Å²) >= 11 is 0. The molecule has 0 spiro atoms. The topological polar surface area (TPSA) is 21.3 Å². The normalized spacial score (nSPS) is 16.9. The molecule has 0 heterocycles. The zero-order valence-electron chi connectivity index (χ0n) is 8.35. The Balaban J connectivity index is 3.87. The third-order valence-corrected chi connectivity index (χ3v) is 2.04. The molecule has 2 nitrogen and oxygen atoms in total. The summed E-state index contributed by atoms with van der Waals surface area (Å²) in [6.07, 6.45) is 0.301. The number of hydrogen-bond donors (Lipinski definition) is 1. The monoisotopic (exact) mass is 159 g/mol. The third-order valence-electron chi connectivity index (χ3n) is 2.04. The molecule has 0 rings (SSSR count). The first-order chi connectivity index (χ1) is 5.13. The van der Waals surface area contributed by atoms with Gasteiger partial charge in [0.25, 0.3) is 0 Å². The number of methoxy groups -OCH3 is 1. The highest BCUT2D eigenvalue weighted by molar-refractivity contribution is 4.75. The molecule has 68 valence electrons. The van der Waals surface area contributed by atoms with Gasteiger partial charge in [-0.3, -0.25) is 0 Å². The molecule has 11 heavy (non-hydrogen) atoms. The van der Waals surface area contributed by atoms with E-state index in [0.29, 0.717) is 18.1 Å². The van der Waals surface area contributed by atoms with E-state index in [-0.39, 0.29) is 0 Å². The van der Waals surface area contributed by atoms with Crippen LogP contribution >= 0.6 is 0 Å². The van der Waals surface area contributed by atoms with Gasteiger partial charge in [0.05, 0.1) is 6.10 Å². The fourth-order valence-electron chi connectivity index (χ4n) is 1.33. The van der Waals surface area contributed by atoms with Gasteiger partial charge in [-0.2, -0.15) is 0 Å². The van der Waals surface area contributed by atoms with Crippen molar-refractivity contribution in [1.82, 2.24) is 5.32 Å². The highest BCUT2D eigenvalue weighted by Gasteiger charge is 2.18. The molecule has 0 aromatic carbocycles. The molecule has 0 aromatic heterocycles. The van der Waals surface area contributed by atoms with Crippen molar-refractivity contribution >= 4 is 0 Å². The van der Waals surface area contributed by atoms with E-state index in [9.17, 15) is 0 Å². The first-order valence-corrected chi connectivity index (χ1v) is 4.39. The molecule has 0 aliphatic heterocycles. The lowest BCUT2D eigenvalue weighted by atomic mass is 9.99. The highest BCUT2D eigenvalue weighted by Crippen LogP contribution is 2.08. The van der Waals surface area contributed by atoms with Crippen LogP contribution in [0.2, 0.25) is 0 Å². The van der Waals surface area contributed by atoms with Crippen LogP contribution in [0.4, 0.5) is 0 Å². The summed E-state index contributed by atoms with van der Waals surface area (Å²) in [4.78, 5) is 0. The van der Waals surface area contributed by atoms with E-state index in [1.165, 1.54) is 0 Å². The second-order valence-electron chi connectivity index (χ2n) is 3.27. The maximum atomic E-state index is 5.26. The summed E-state index contributed by atoms with van der Waals surface area (Å²) < 4.78 is 5.26. The fraction of sp³-hybridized carbons (Fsp3) is 1.00. The van der Waals surface area contributed by atoms with Crippen molar-refractivity contribution in [1.29, 1.82) is 0 Å². The molecule has 0 bridgehead atoms. The third kappa shape index (κ3) is 3.73. The minimum Gasteiger partial charge on any atom is -0.380 e. The van der Waals surface area contributed by atoms with Crippen molar-refractivity contribution in [2.45, 2.75) is 39.8 Å². The summed E-state index contributed by atoms with van der Waals surface area (Å²) in [5.74, 6) is 0.630. The minimum atomic E-state index is 0.301. The van der Waals surface area contributed by atoms with Crippen LogP contribution in [0.25, 0.3) is 0 Å². The van der Waals surface area contributed by atoms with Crippen LogP contribution in [0.3, 0.4) is 0 Å². The van der Waals surface area contributed by atoms with Gasteiger partial charge in [-0.1, -0.05) is 20.8 Å². The molecule has 0 fully saturated rings. The second-order valence-corrected chi connectivity index (χ2v) is 3.27. The Morgan fingerprint density at radius 2 is 1.82 bits per heavy atom. The number of likely N-dealkylation sites (N-methyl/N-ethyl adjacent to an activating group) is 1. The van der Waals surface area contributed by atoms with Gasteiger partial charge >= 0.3 is 0 Å². The molecule has 2 heteroatoms. The zero-order valence-corrected chi connectivity index (χ0v) is 8.35. The first-order valence-electron chi connectivity index (χ1n) is 4.39. The highest BCUT2D eigenvalue weighted by atomic mass is 16.5. The van der Waals surface area contributed by atoms with Gasteiger partial charge in [0.1, 0.15) is 0 Å². The molecule has 0 saturated heterocycles.